The van der Waals surface area contributed by atoms with Crippen molar-refractivity contribution in [3.8, 4) is 0 Å². The molecular weight excluding hydrogens is 223 g/mol. The van der Waals surface area contributed by atoms with Gasteiger partial charge in [-0.05, 0) is 17.7 Å². The number of carbonyl (C=O) groups excluding carboxylic acids is 1. The number of primary amides is 1. The highest BCUT2D eigenvalue weighted by molar-refractivity contribution is 6.35. The molecule has 0 radical (unpaired) electrons. The van der Waals surface area contributed by atoms with E-state index in [1.165, 1.54) is 4.90 Å². The summed E-state index contributed by atoms with van der Waals surface area (Å²) in [7, 11) is 1.60. The first-order chi connectivity index (χ1) is 6.50. The number of benzene rings is 1. The Balaban J connectivity index is 2.82. The Morgan fingerprint density at radius 2 is 2.14 bits per heavy atom. The molecule has 3 nitrogen and oxygen atoms in total. The van der Waals surface area contributed by atoms with Crippen molar-refractivity contribution in [2.75, 3.05) is 7.05 Å². The Bertz CT molecular complexity index is 355. The molecule has 0 aliphatic rings. The average Bonchev–Trinajstić information content (AvgIpc) is 2.09. The van der Waals surface area contributed by atoms with Crippen LogP contribution in [0, 0.1) is 0 Å². The van der Waals surface area contributed by atoms with E-state index in [1.807, 2.05) is 0 Å². The third-order valence-electron chi connectivity index (χ3n) is 1.80. The Hall–Kier alpha value is -0.930. The van der Waals surface area contributed by atoms with Gasteiger partial charge in [-0.2, -0.15) is 0 Å². The second-order valence-corrected chi connectivity index (χ2v) is 3.77. The molecule has 1 rings (SSSR count). The minimum Gasteiger partial charge on any atom is -0.351 e. The number of nitrogens with zero attached hydrogens (tertiary/aromatic N) is 1. The molecule has 0 unspecified atom stereocenters. The van der Waals surface area contributed by atoms with Gasteiger partial charge in [0.15, 0.2) is 0 Å². The molecule has 0 heterocycles. The van der Waals surface area contributed by atoms with Crippen molar-refractivity contribution in [1.29, 1.82) is 0 Å². The highest BCUT2D eigenvalue weighted by Gasteiger charge is 2.07. The molecular formula is C9H10Cl2N2O. The number of halogens is 2. The van der Waals surface area contributed by atoms with Crippen molar-refractivity contribution in [1.82, 2.24) is 4.90 Å². The Morgan fingerprint density at radius 3 is 2.64 bits per heavy atom. The zero-order valence-electron chi connectivity index (χ0n) is 7.63. The minimum absolute atomic E-state index is 0.380. The topological polar surface area (TPSA) is 46.3 Å². The summed E-state index contributed by atoms with van der Waals surface area (Å²) in [6.07, 6.45) is 0. The molecule has 1 aromatic carbocycles. The molecule has 1 aromatic rings. The summed E-state index contributed by atoms with van der Waals surface area (Å²) >= 11 is 11.6. The Labute approximate surface area is 92.4 Å². The van der Waals surface area contributed by atoms with Gasteiger partial charge in [0.05, 0.1) is 0 Å². The molecule has 0 aliphatic heterocycles. The van der Waals surface area contributed by atoms with Crippen LogP contribution in [0.25, 0.3) is 0 Å². The predicted octanol–water partition coefficient (Wildman–Crippen LogP) is 2.50. The van der Waals surface area contributed by atoms with Gasteiger partial charge in [-0.1, -0.05) is 29.3 Å². The SMILES string of the molecule is CN(Cc1ccc(Cl)cc1Cl)C(N)=O. The molecule has 76 valence electrons. The Kier molecular flexibility index (Phi) is 3.61. The first-order valence-corrected chi connectivity index (χ1v) is 4.71. The molecule has 0 aromatic heterocycles. The zero-order chi connectivity index (χ0) is 10.7. The summed E-state index contributed by atoms with van der Waals surface area (Å²) in [6, 6.07) is 4.63. The van der Waals surface area contributed by atoms with Crippen molar-refractivity contribution in [2.45, 2.75) is 6.54 Å². The summed E-state index contributed by atoms with van der Waals surface area (Å²) in [6.45, 7) is 0.380. The van der Waals surface area contributed by atoms with E-state index in [4.69, 9.17) is 28.9 Å². The molecule has 0 fully saturated rings. The van der Waals surface area contributed by atoms with Crippen LogP contribution in [0.1, 0.15) is 5.56 Å². The predicted molar refractivity (Wildman–Crippen MR) is 57.5 cm³/mol. The van der Waals surface area contributed by atoms with E-state index in [1.54, 1.807) is 25.2 Å². The molecule has 5 heteroatoms. The summed E-state index contributed by atoms with van der Waals surface area (Å²) in [5.41, 5.74) is 5.90. The lowest BCUT2D eigenvalue weighted by atomic mass is 10.2. The summed E-state index contributed by atoms with van der Waals surface area (Å²) in [5, 5.41) is 1.10. The third-order valence-corrected chi connectivity index (χ3v) is 2.39. The second kappa shape index (κ2) is 4.53. The molecule has 0 saturated heterocycles. The number of amides is 2. The zero-order valence-corrected chi connectivity index (χ0v) is 9.14. The molecule has 0 bridgehead atoms. The molecule has 0 atom stereocenters. The Morgan fingerprint density at radius 1 is 1.50 bits per heavy atom. The van der Waals surface area contributed by atoms with Crippen LogP contribution in [0.2, 0.25) is 10.0 Å². The monoisotopic (exact) mass is 232 g/mol. The van der Waals surface area contributed by atoms with Gasteiger partial charge in [-0.25, -0.2) is 4.79 Å². The van der Waals surface area contributed by atoms with Crippen molar-refractivity contribution in [3.63, 3.8) is 0 Å². The molecule has 0 spiro atoms. The van der Waals surface area contributed by atoms with Gasteiger partial charge in [0.1, 0.15) is 0 Å². The van der Waals surface area contributed by atoms with Crippen LogP contribution >= 0.6 is 23.2 Å². The largest absolute Gasteiger partial charge is 0.351 e. The standard InChI is InChI=1S/C9H10Cl2N2O/c1-13(9(12)14)5-6-2-3-7(10)4-8(6)11/h2-4H,5H2,1H3,(H2,12,14). The highest BCUT2D eigenvalue weighted by Crippen LogP contribution is 2.21. The van der Waals surface area contributed by atoms with Gasteiger partial charge >= 0.3 is 6.03 Å². The van der Waals surface area contributed by atoms with E-state index in [-0.39, 0.29) is 0 Å². The summed E-state index contributed by atoms with van der Waals surface area (Å²) in [4.78, 5) is 12.1. The van der Waals surface area contributed by atoms with E-state index in [9.17, 15) is 4.79 Å². The molecule has 14 heavy (non-hydrogen) atoms. The number of hydrogen-bond acceptors (Lipinski definition) is 1. The summed E-state index contributed by atoms with van der Waals surface area (Å²) < 4.78 is 0. The smallest absolute Gasteiger partial charge is 0.314 e. The van der Waals surface area contributed by atoms with E-state index in [2.05, 4.69) is 0 Å². The first-order valence-electron chi connectivity index (χ1n) is 3.95. The average molecular weight is 233 g/mol. The van der Waals surface area contributed by atoms with Gasteiger partial charge in [0, 0.05) is 23.6 Å². The van der Waals surface area contributed by atoms with Crippen molar-refractivity contribution < 1.29 is 4.79 Å². The van der Waals surface area contributed by atoms with Gasteiger partial charge in [0.25, 0.3) is 0 Å². The number of urea groups is 1. The maximum atomic E-state index is 10.8. The lowest BCUT2D eigenvalue weighted by Crippen LogP contribution is -2.31. The van der Waals surface area contributed by atoms with Crippen LogP contribution < -0.4 is 5.73 Å². The fourth-order valence-electron chi connectivity index (χ4n) is 0.983. The van der Waals surface area contributed by atoms with Crippen LogP contribution in [-0.4, -0.2) is 18.0 Å². The number of nitrogens with two attached hydrogens (primary N) is 1. The van der Waals surface area contributed by atoms with Gasteiger partial charge in [-0.3, -0.25) is 0 Å². The quantitative estimate of drug-likeness (QED) is 0.837. The van der Waals surface area contributed by atoms with Crippen molar-refractivity contribution in [3.05, 3.63) is 33.8 Å². The third kappa shape index (κ3) is 2.79. The second-order valence-electron chi connectivity index (χ2n) is 2.93. The van der Waals surface area contributed by atoms with E-state index < -0.39 is 6.03 Å². The molecule has 2 amide bonds. The summed E-state index contributed by atoms with van der Waals surface area (Å²) in [5.74, 6) is 0. The van der Waals surface area contributed by atoms with Crippen LogP contribution in [0.4, 0.5) is 4.79 Å². The fourth-order valence-corrected chi connectivity index (χ4v) is 1.45. The molecule has 0 aliphatic carbocycles. The number of carbonyl (C=O) groups is 1. The lowest BCUT2D eigenvalue weighted by Gasteiger charge is -2.14. The first kappa shape index (κ1) is 11.1. The van der Waals surface area contributed by atoms with Crippen LogP contribution in [0.3, 0.4) is 0 Å². The number of rotatable bonds is 2. The van der Waals surface area contributed by atoms with Crippen LogP contribution in [0.5, 0.6) is 0 Å². The van der Waals surface area contributed by atoms with E-state index in [0.717, 1.165) is 5.56 Å². The number of hydrogen-bond donors (Lipinski definition) is 1. The van der Waals surface area contributed by atoms with Crippen molar-refractivity contribution >= 4 is 29.2 Å². The van der Waals surface area contributed by atoms with Crippen LogP contribution in [-0.2, 0) is 6.54 Å². The van der Waals surface area contributed by atoms with Crippen LogP contribution in [0.15, 0.2) is 18.2 Å². The molecule has 2 N–H and O–H groups in total. The maximum absolute atomic E-state index is 10.8. The molecule has 0 saturated carbocycles. The fraction of sp³-hybridized carbons (Fsp3) is 0.222. The van der Waals surface area contributed by atoms with E-state index in [0.29, 0.717) is 16.6 Å². The lowest BCUT2D eigenvalue weighted by molar-refractivity contribution is 0.216. The van der Waals surface area contributed by atoms with Gasteiger partial charge in [-0.15, -0.1) is 0 Å². The van der Waals surface area contributed by atoms with E-state index >= 15 is 0 Å². The highest BCUT2D eigenvalue weighted by atomic mass is 35.5. The minimum atomic E-state index is -0.490. The van der Waals surface area contributed by atoms with Gasteiger partial charge in [0.2, 0.25) is 0 Å². The van der Waals surface area contributed by atoms with Crippen molar-refractivity contribution in [2.24, 2.45) is 5.73 Å². The maximum Gasteiger partial charge on any atom is 0.314 e. The van der Waals surface area contributed by atoms with Gasteiger partial charge < -0.3 is 10.6 Å². The normalized spacial score (nSPS) is 9.93.